The third-order valence-corrected chi connectivity index (χ3v) is 12.2. The van der Waals surface area contributed by atoms with Crippen molar-refractivity contribution in [2.45, 2.75) is 78.4 Å². The van der Waals surface area contributed by atoms with Gasteiger partial charge in [0.15, 0.2) is 15.5 Å². The van der Waals surface area contributed by atoms with Gasteiger partial charge in [0, 0.05) is 30.9 Å². The van der Waals surface area contributed by atoms with Crippen LogP contribution in [0.2, 0.25) is 0 Å². The lowest BCUT2D eigenvalue weighted by atomic mass is 9.78. The maximum absolute atomic E-state index is 16.2. The van der Waals surface area contributed by atoms with Gasteiger partial charge in [-0.25, -0.2) is 17.2 Å². The molecule has 252 valence electrons. The molecule has 3 aliphatic rings. The predicted molar refractivity (Wildman–Crippen MR) is 148 cm³/mol. The minimum atomic E-state index is -6.41. The first-order valence-electron chi connectivity index (χ1n) is 14.5. The number of halogens is 8. The number of fused-ring (bicyclic) bond motifs is 3. The average Bonchev–Trinajstić information content (AvgIpc) is 3.40. The number of carbonyl (C=O) groups excluding carboxylic acids is 1. The molecule has 7 nitrogen and oxygen atoms in total. The Bertz CT molecular complexity index is 1610. The number of anilines is 1. The van der Waals surface area contributed by atoms with Crippen LogP contribution in [0, 0.1) is 5.92 Å². The molecule has 16 heteroatoms. The highest BCUT2D eigenvalue weighted by Crippen LogP contribution is 2.58. The number of carboxylic acids is 1. The number of carbonyl (C=O) groups is 2. The Balaban J connectivity index is 1.69. The molecule has 1 N–H and O–H groups in total. The monoisotopic (exact) mass is 682 g/mol. The molecule has 2 aromatic rings. The van der Waals surface area contributed by atoms with E-state index in [1.54, 1.807) is 0 Å². The summed E-state index contributed by atoms with van der Waals surface area (Å²) in [5, 5.41) is 9.31. The van der Waals surface area contributed by atoms with Crippen molar-refractivity contribution in [2.24, 2.45) is 5.92 Å². The van der Waals surface area contributed by atoms with Gasteiger partial charge in [0.2, 0.25) is 0 Å². The summed E-state index contributed by atoms with van der Waals surface area (Å²) in [7, 11) is -4.61. The van der Waals surface area contributed by atoms with Gasteiger partial charge in [-0.15, -0.1) is 0 Å². The van der Waals surface area contributed by atoms with Gasteiger partial charge in [0.25, 0.3) is 5.91 Å². The molecule has 1 aliphatic carbocycles. The molecule has 0 bridgehead atoms. The summed E-state index contributed by atoms with van der Waals surface area (Å²) in [6, 6.07) is 6.81. The Morgan fingerprint density at radius 1 is 0.935 bits per heavy atom. The van der Waals surface area contributed by atoms with E-state index in [0.717, 1.165) is 11.0 Å². The normalized spacial score (nSPS) is 27.2. The van der Waals surface area contributed by atoms with Crippen molar-refractivity contribution < 1.29 is 58.2 Å². The Hall–Kier alpha value is -3.43. The van der Waals surface area contributed by atoms with E-state index in [1.807, 2.05) is 0 Å². The molecular weight excluding hydrogens is 652 g/mol. The molecule has 1 amide bonds. The SMILES string of the molecule is CCN1CC2N(C(=O)C3(F)CCC(C(=O)O)CC3)CCC2(S(=O)(=O)c2ccccc2)c2ccc(C(F)(C(F)(F)F)C(F)(F)F)cc21. The van der Waals surface area contributed by atoms with Crippen LogP contribution in [-0.2, 0) is 29.8 Å². The van der Waals surface area contributed by atoms with Crippen molar-refractivity contribution >= 4 is 27.4 Å². The zero-order valence-electron chi connectivity index (χ0n) is 24.3. The van der Waals surface area contributed by atoms with E-state index in [9.17, 15) is 49.5 Å². The molecule has 0 spiro atoms. The van der Waals surface area contributed by atoms with Crippen LogP contribution in [0.1, 0.15) is 50.2 Å². The lowest BCUT2D eigenvalue weighted by Crippen LogP contribution is -2.61. The van der Waals surface area contributed by atoms with Crippen LogP contribution in [0.3, 0.4) is 0 Å². The summed E-state index contributed by atoms with van der Waals surface area (Å²) in [6.45, 7) is 0.613. The predicted octanol–water partition coefficient (Wildman–Crippen LogP) is 6.07. The van der Waals surface area contributed by atoms with Crippen molar-refractivity contribution in [3.05, 3.63) is 59.7 Å². The molecule has 1 saturated carbocycles. The van der Waals surface area contributed by atoms with E-state index < -0.39 is 99.2 Å². The van der Waals surface area contributed by atoms with Gasteiger partial charge in [-0.1, -0.05) is 30.3 Å². The van der Waals surface area contributed by atoms with Crippen molar-refractivity contribution in [1.82, 2.24) is 4.90 Å². The second kappa shape index (κ2) is 11.1. The zero-order valence-corrected chi connectivity index (χ0v) is 25.2. The highest BCUT2D eigenvalue weighted by molar-refractivity contribution is 7.92. The van der Waals surface area contributed by atoms with E-state index in [2.05, 4.69) is 0 Å². The summed E-state index contributed by atoms with van der Waals surface area (Å²) < 4.78 is 141. The third kappa shape index (κ3) is 4.84. The van der Waals surface area contributed by atoms with Crippen molar-refractivity contribution in [1.29, 1.82) is 0 Å². The van der Waals surface area contributed by atoms with Crippen LogP contribution in [0.15, 0.2) is 53.4 Å². The van der Waals surface area contributed by atoms with Gasteiger partial charge < -0.3 is 14.9 Å². The molecule has 5 rings (SSSR count). The fourth-order valence-corrected chi connectivity index (χ4v) is 9.50. The van der Waals surface area contributed by atoms with E-state index in [4.69, 9.17) is 0 Å². The molecule has 1 saturated heterocycles. The maximum atomic E-state index is 16.2. The summed E-state index contributed by atoms with van der Waals surface area (Å²) in [5.74, 6) is -3.08. The average molecular weight is 683 g/mol. The van der Waals surface area contributed by atoms with Crippen LogP contribution in [0.25, 0.3) is 0 Å². The summed E-state index contributed by atoms with van der Waals surface area (Å²) in [4.78, 5) is 27.3. The number of amides is 1. The second-order valence-electron chi connectivity index (χ2n) is 12.0. The number of rotatable bonds is 6. The smallest absolute Gasteiger partial charge is 0.435 e. The number of benzene rings is 2. The Kier molecular flexibility index (Phi) is 8.17. The molecule has 2 fully saturated rings. The zero-order chi connectivity index (χ0) is 34.1. The number of hydrogen-bond acceptors (Lipinski definition) is 5. The Labute approximate surface area is 259 Å². The summed E-state index contributed by atoms with van der Waals surface area (Å²) >= 11 is 0. The Morgan fingerprint density at radius 3 is 2.04 bits per heavy atom. The molecule has 2 aliphatic heterocycles. The van der Waals surface area contributed by atoms with Gasteiger partial charge in [-0.05, 0) is 62.8 Å². The summed E-state index contributed by atoms with van der Waals surface area (Å²) in [6.07, 6.45) is -14.4. The number of sulfone groups is 1. The standard InChI is InChI=1S/C30H30F8N2O5S/c1-2-39-17-23-27(46(44,45)20-6-4-3-5-7-20,14-15-40(23)25(43)26(31)12-10-18(11-13-26)24(41)42)21-9-8-19(16-22(21)39)28(32,29(33,34)35)30(36,37)38/h3-9,16,18,23H,2,10-15,17H2,1H3,(H,41,42). The number of alkyl halides is 8. The number of likely N-dealkylation sites (N-methyl/N-ethyl adjacent to an activating group) is 1. The molecule has 0 radical (unpaired) electrons. The fourth-order valence-electron chi connectivity index (χ4n) is 7.19. The highest BCUT2D eigenvalue weighted by atomic mass is 32.2. The number of nitrogens with zero attached hydrogens (tertiary/aromatic N) is 2. The van der Waals surface area contributed by atoms with Crippen LogP contribution in [0.4, 0.5) is 40.8 Å². The van der Waals surface area contributed by atoms with E-state index >= 15 is 8.78 Å². The van der Waals surface area contributed by atoms with Crippen LogP contribution in [-0.4, -0.2) is 74.0 Å². The van der Waals surface area contributed by atoms with E-state index in [1.165, 1.54) is 42.2 Å². The molecule has 2 unspecified atom stereocenters. The molecule has 46 heavy (non-hydrogen) atoms. The largest absolute Gasteiger partial charge is 0.481 e. The quantitative estimate of drug-likeness (QED) is 0.372. The first-order valence-corrected chi connectivity index (χ1v) is 16.0. The van der Waals surface area contributed by atoms with E-state index in [-0.39, 0.29) is 42.5 Å². The highest BCUT2D eigenvalue weighted by Gasteiger charge is 2.74. The molecule has 0 aromatic heterocycles. The van der Waals surface area contributed by atoms with Crippen LogP contribution in [0.5, 0.6) is 0 Å². The summed E-state index contributed by atoms with van der Waals surface area (Å²) in [5.41, 5.74) is -10.7. The minimum absolute atomic E-state index is 0.102. The fraction of sp³-hybridized carbons (Fsp3) is 0.533. The maximum Gasteiger partial charge on any atom is 0.435 e. The van der Waals surface area contributed by atoms with Gasteiger partial charge in [-0.2, -0.15) is 26.3 Å². The number of carboxylic acid groups (broad SMARTS) is 1. The Morgan fingerprint density at radius 2 is 1.52 bits per heavy atom. The van der Waals surface area contributed by atoms with Gasteiger partial charge in [0.1, 0.15) is 4.75 Å². The molecule has 2 aromatic carbocycles. The van der Waals surface area contributed by atoms with Crippen molar-refractivity contribution in [3.8, 4) is 0 Å². The van der Waals surface area contributed by atoms with Crippen molar-refractivity contribution in [3.63, 3.8) is 0 Å². The van der Waals surface area contributed by atoms with E-state index in [0.29, 0.717) is 6.07 Å². The van der Waals surface area contributed by atoms with Crippen molar-refractivity contribution in [2.75, 3.05) is 24.5 Å². The lowest BCUT2D eigenvalue weighted by molar-refractivity contribution is -0.348. The number of hydrogen-bond donors (Lipinski definition) is 1. The topological polar surface area (TPSA) is 95.0 Å². The number of aliphatic carboxylic acids is 1. The first-order chi connectivity index (χ1) is 21.3. The molecule has 2 atom stereocenters. The molecule has 2 heterocycles. The van der Waals surface area contributed by atoms with Gasteiger partial charge in [-0.3, -0.25) is 9.59 Å². The minimum Gasteiger partial charge on any atom is -0.481 e. The van der Waals surface area contributed by atoms with Crippen LogP contribution < -0.4 is 4.90 Å². The van der Waals surface area contributed by atoms with Gasteiger partial charge >= 0.3 is 24.0 Å². The molecular formula is C30H30F8N2O5S. The lowest BCUT2D eigenvalue weighted by Gasteiger charge is -2.48. The third-order valence-electron chi connectivity index (χ3n) is 9.69. The van der Waals surface area contributed by atoms with Gasteiger partial charge in [0.05, 0.1) is 16.9 Å². The second-order valence-corrected chi connectivity index (χ2v) is 14.2. The number of likely N-dealkylation sites (tertiary alicyclic amines) is 1. The first kappa shape index (κ1) is 33.9. The van der Waals surface area contributed by atoms with Crippen LogP contribution >= 0.6 is 0 Å².